The Bertz CT molecular complexity index is 1370. The zero-order valence-electron chi connectivity index (χ0n) is 17.1. The van der Waals surface area contributed by atoms with E-state index < -0.39 is 28.3 Å². The first-order chi connectivity index (χ1) is 15.6. The van der Waals surface area contributed by atoms with Crippen molar-refractivity contribution in [2.45, 2.75) is 13.1 Å². The number of amides is 1. The van der Waals surface area contributed by atoms with Crippen LogP contribution in [0.25, 0.3) is 16.7 Å². The normalized spacial score (nSPS) is 11.4. The summed E-state index contributed by atoms with van der Waals surface area (Å²) in [5, 5.41) is 11.2. The standard InChI is InChI=1S/C22H16F3N5O3/c1-13-26-18-11-14(7-10-19(18)29(13)16-5-3-2-4-6-16)21(31)28-27-17-9-8-15(22(23,24)25)12-20(17)30(32)33/h2-12,27H,1H3,(H,28,31). The molecule has 0 atom stereocenters. The summed E-state index contributed by atoms with van der Waals surface area (Å²) in [4.78, 5) is 27.3. The van der Waals surface area contributed by atoms with Crippen LogP contribution in [0.5, 0.6) is 0 Å². The number of halogens is 3. The highest BCUT2D eigenvalue weighted by Crippen LogP contribution is 2.34. The number of rotatable bonds is 5. The van der Waals surface area contributed by atoms with E-state index in [0.29, 0.717) is 23.5 Å². The van der Waals surface area contributed by atoms with E-state index in [2.05, 4.69) is 15.8 Å². The van der Waals surface area contributed by atoms with E-state index in [1.54, 1.807) is 18.2 Å². The van der Waals surface area contributed by atoms with Gasteiger partial charge in [-0.05, 0) is 49.4 Å². The van der Waals surface area contributed by atoms with E-state index >= 15 is 0 Å². The van der Waals surface area contributed by atoms with E-state index in [4.69, 9.17) is 0 Å². The first-order valence-corrected chi connectivity index (χ1v) is 9.61. The minimum Gasteiger partial charge on any atom is -0.297 e. The lowest BCUT2D eigenvalue weighted by Crippen LogP contribution is -2.29. The first-order valence-electron chi connectivity index (χ1n) is 9.61. The highest BCUT2D eigenvalue weighted by atomic mass is 19.4. The van der Waals surface area contributed by atoms with Gasteiger partial charge in [0.25, 0.3) is 11.6 Å². The number of para-hydroxylation sites is 1. The number of nitro benzene ring substituents is 1. The molecule has 1 amide bonds. The van der Waals surface area contributed by atoms with Crippen LogP contribution in [0, 0.1) is 17.0 Å². The number of fused-ring (bicyclic) bond motifs is 1. The minimum atomic E-state index is -4.73. The lowest BCUT2D eigenvalue weighted by Gasteiger charge is -2.11. The van der Waals surface area contributed by atoms with Crippen LogP contribution in [0.1, 0.15) is 21.7 Å². The van der Waals surface area contributed by atoms with Crippen LogP contribution in [0.3, 0.4) is 0 Å². The lowest BCUT2D eigenvalue weighted by molar-refractivity contribution is -0.384. The topological polar surface area (TPSA) is 102 Å². The third kappa shape index (κ3) is 4.33. The van der Waals surface area contributed by atoms with Crippen molar-refractivity contribution in [2.24, 2.45) is 0 Å². The van der Waals surface area contributed by atoms with E-state index in [9.17, 15) is 28.1 Å². The van der Waals surface area contributed by atoms with Gasteiger partial charge in [-0.2, -0.15) is 13.2 Å². The Morgan fingerprint density at radius 1 is 1.06 bits per heavy atom. The smallest absolute Gasteiger partial charge is 0.297 e. The van der Waals surface area contributed by atoms with E-state index in [1.165, 1.54) is 0 Å². The van der Waals surface area contributed by atoms with Gasteiger partial charge in [0, 0.05) is 17.3 Å². The summed E-state index contributed by atoms with van der Waals surface area (Å²) >= 11 is 0. The number of imidazole rings is 1. The fraction of sp³-hybridized carbons (Fsp3) is 0.0909. The Balaban J connectivity index is 1.57. The first kappa shape index (κ1) is 21.8. The molecule has 1 aromatic heterocycles. The molecule has 0 saturated carbocycles. The van der Waals surface area contributed by atoms with Gasteiger partial charge in [0.05, 0.1) is 21.5 Å². The summed E-state index contributed by atoms with van der Waals surface area (Å²) in [5.41, 5.74) is 4.79. The molecule has 0 bridgehead atoms. The number of hydrogen-bond donors (Lipinski definition) is 2. The van der Waals surface area contributed by atoms with Crippen LogP contribution >= 0.6 is 0 Å². The predicted octanol–water partition coefficient (Wildman–Crippen LogP) is 5.02. The van der Waals surface area contributed by atoms with Gasteiger partial charge in [0.15, 0.2) is 0 Å². The molecule has 1 heterocycles. The van der Waals surface area contributed by atoms with Crippen LogP contribution in [-0.2, 0) is 6.18 Å². The summed E-state index contributed by atoms with van der Waals surface area (Å²) in [6.45, 7) is 1.83. The van der Waals surface area contributed by atoms with Gasteiger partial charge in [-0.15, -0.1) is 0 Å². The molecule has 0 aliphatic rings. The Morgan fingerprint density at radius 3 is 2.45 bits per heavy atom. The number of carbonyl (C=O) groups is 1. The van der Waals surface area contributed by atoms with Crippen molar-refractivity contribution < 1.29 is 22.9 Å². The van der Waals surface area contributed by atoms with Crippen molar-refractivity contribution in [1.29, 1.82) is 0 Å². The number of aromatic nitrogens is 2. The molecule has 0 aliphatic carbocycles. The lowest BCUT2D eigenvalue weighted by atomic mass is 10.1. The number of nitrogens with one attached hydrogen (secondary N) is 2. The SMILES string of the molecule is Cc1nc2cc(C(=O)NNc3ccc(C(F)(F)F)cc3[N+](=O)[O-])ccc2n1-c1ccccc1. The van der Waals surface area contributed by atoms with Gasteiger partial charge in [-0.25, -0.2) is 4.98 Å². The van der Waals surface area contributed by atoms with Gasteiger partial charge in [-0.3, -0.25) is 30.3 Å². The van der Waals surface area contributed by atoms with Gasteiger partial charge in [-0.1, -0.05) is 18.2 Å². The molecule has 0 spiro atoms. The number of anilines is 1. The maximum Gasteiger partial charge on any atom is 0.416 e. The van der Waals surface area contributed by atoms with Crippen molar-refractivity contribution >= 4 is 28.3 Å². The summed E-state index contributed by atoms with van der Waals surface area (Å²) in [6.07, 6.45) is -4.73. The molecular weight excluding hydrogens is 439 g/mol. The number of nitro groups is 1. The van der Waals surface area contributed by atoms with Gasteiger partial charge in [0.2, 0.25) is 0 Å². The van der Waals surface area contributed by atoms with Crippen molar-refractivity contribution in [3.05, 3.63) is 93.8 Å². The highest BCUT2D eigenvalue weighted by molar-refractivity contribution is 5.98. The number of aryl methyl sites for hydroxylation is 1. The maximum atomic E-state index is 12.8. The zero-order valence-corrected chi connectivity index (χ0v) is 17.1. The molecule has 11 heteroatoms. The minimum absolute atomic E-state index is 0.210. The predicted molar refractivity (Wildman–Crippen MR) is 115 cm³/mol. The average molecular weight is 455 g/mol. The number of benzene rings is 3. The Kier molecular flexibility index (Phi) is 5.46. The number of nitrogens with zero attached hydrogens (tertiary/aromatic N) is 3. The summed E-state index contributed by atoms with van der Waals surface area (Å²) in [6, 6.07) is 16.4. The molecule has 3 aromatic carbocycles. The van der Waals surface area contributed by atoms with Crippen molar-refractivity contribution in [1.82, 2.24) is 15.0 Å². The monoisotopic (exact) mass is 455 g/mol. The summed E-state index contributed by atoms with van der Waals surface area (Å²) < 4.78 is 40.5. The van der Waals surface area contributed by atoms with Gasteiger partial charge in [0.1, 0.15) is 11.5 Å². The fourth-order valence-corrected chi connectivity index (χ4v) is 3.41. The van der Waals surface area contributed by atoms with Crippen molar-refractivity contribution in [2.75, 3.05) is 5.43 Å². The Hall–Kier alpha value is -4.41. The van der Waals surface area contributed by atoms with Crippen molar-refractivity contribution in [3.63, 3.8) is 0 Å². The van der Waals surface area contributed by atoms with Gasteiger partial charge < -0.3 is 0 Å². The molecule has 0 unspecified atom stereocenters. The molecular formula is C22H16F3N5O3. The molecule has 4 rings (SSSR count). The molecule has 0 aliphatic heterocycles. The second-order valence-corrected chi connectivity index (χ2v) is 7.10. The fourth-order valence-electron chi connectivity index (χ4n) is 3.41. The summed E-state index contributed by atoms with van der Waals surface area (Å²) in [5.74, 6) is 0.0743. The van der Waals surface area contributed by atoms with E-state index in [0.717, 1.165) is 17.3 Å². The second kappa shape index (κ2) is 8.26. The van der Waals surface area contributed by atoms with Crippen LogP contribution in [0.2, 0.25) is 0 Å². The van der Waals surface area contributed by atoms with E-state index in [1.807, 2.05) is 41.8 Å². The van der Waals surface area contributed by atoms with Crippen LogP contribution in [0.15, 0.2) is 66.7 Å². The number of carbonyl (C=O) groups excluding carboxylic acids is 1. The number of alkyl halides is 3. The molecule has 0 radical (unpaired) electrons. The van der Waals surface area contributed by atoms with Crippen molar-refractivity contribution in [3.8, 4) is 5.69 Å². The molecule has 8 nitrogen and oxygen atoms in total. The molecule has 0 fully saturated rings. The van der Waals surface area contributed by atoms with E-state index in [-0.39, 0.29) is 11.3 Å². The van der Waals surface area contributed by atoms with Gasteiger partial charge >= 0.3 is 6.18 Å². The Morgan fingerprint density at radius 2 is 1.79 bits per heavy atom. The van der Waals surface area contributed by atoms with Crippen LogP contribution < -0.4 is 10.9 Å². The quantitative estimate of drug-likeness (QED) is 0.325. The Labute approximate surface area is 184 Å². The summed E-state index contributed by atoms with van der Waals surface area (Å²) in [7, 11) is 0. The van der Waals surface area contributed by atoms with Crippen LogP contribution in [0.4, 0.5) is 24.5 Å². The number of hydrazine groups is 1. The molecule has 0 saturated heterocycles. The highest BCUT2D eigenvalue weighted by Gasteiger charge is 2.33. The zero-order chi connectivity index (χ0) is 23.8. The molecule has 4 aromatic rings. The molecule has 168 valence electrons. The third-order valence-corrected chi connectivity index (χ3v) is 4.93. The molecule has 2 N–H and O–H groups in total. The maximum absolute atomic E-state index is 12.8. The number of hydrogen-bond acceptors (Lipinski definition) is 5. The largest absolute Gasteiger partial charge is 0.416 e. The second-order valence-electron chi connectivity index (χ2n) is 7.10. The third-order valence-electron chi connectivity index (χ3n) is 4.93. The van der Waals surface area contributed by atoms with Crippen LogP contribution in [-0.4, -0.2) is 20.4 Å². The molecule has 33 heavy (non-hydrogen) atoms. The average Bonchev–Trinajstić information content (AvgIpc) is 3.12.